The topological polar surface area (TPSA) is 50.7 Å². The van der Waals surface area contributed by atoms with Gasteiger partial charge in [-0.25, -0.2) is 0 Å². The predicted octanol–water partition coefficient (Wildman–Crippen LogP) is 2.51. The molecule has 1 aromatic carbocycles. The smallest absolute Gasteiger partial charge is 0.0897 e. The molecule has 2 atom stereocenters. The molecule has 0 aliphatic rings. The Labute approximate surface area is 129 Å². The van der Waals surface area contributed by atoms with Crippen LogP contribution in [0.1, 0.15) is 25.5 Å². The van der Waals surface area contributed by atoms with Crippen molar-refractivity contribution in [3.63, 3.8) is 0 Å². The maximum Gasteiger partial charge on any atom is 0.0897 e. The lowest BCUT2D eigenvalue weighted by atomic mass is 10.1. The van der Waals surface area contributed by atoms with Crippen molar-refractivity contribution in [1.29, 1.82) is 0 Å². The van der Waals surface area contributed by atoms with Gasteiger partial charge in [-0.1, -0.05) is 28.1 Å². The SMILES string of the molecule is CCOCCOCC(O)CNC(C)c1cccc(Br)c1. The molecule has 2 N–H and O–H groups in total. The number of aliphatic hydroxyl groups excluding tert-OH is 1. The van der Waals surface area contributed by atoms with Crippen molar-refractivity contribution in [3.05, 3.63) is 34.3 Å². The van der Waals surface area contributed by atoms with Crippen LogP contribution in [0.4, 0.5) is 0 Å². The quantitative estimate of drug-likeness (QED) is 0.639. The first kappa shape index (κ1) is 17.6. The Bertz CT molecular complexity index is 376. The zero-order valence-corrected chi connectivity index (χ0v) is 13.7. The molecule has 0 radical (unpaired) electrons. The van der Waals surface area contributed by atoms with Crippen LogP contribution in [0, 0.1) is 0 Å². The molecule has 0 aliphatic carbocycles. The van der Waals surface area contributed by atoms with E-state index in [1.807, 2.05) is 19.1 Å². The Morgan fingerprint density at radius 3 is 2.75 bits per heavy atom. The zero-order chi connectivity index (χ0) is 14.8. The maximum absolute atomic E-state index is 9.82. The fourth-order valence-electron chi connectivity index (χ4n) is 1.75. The molecule has 1 aromatic rings. The third-order valence-corrected chi connectivity index (χ3v) is 3.39. The minimum atomic E-state index is -0.508. The molecular formula is C15H24BrNO3. The van der Waals surface area contributed by atoms with E-state index in [0.29, 0.717) is 33.0 Å². The first-order chi connectivity index (χ1) is 9.63. The Hall–Kier alpha value is -0.460. The molecular weight excluding hydrogens is 322 g/mol. The van der Waals surface area contributed by atoms with Crippen molar-refractivity contribution < 1.29 is 14.6 Å². The first-order valence-corrected chi connectivity index (χ1v) is 7.75. The van der Waals surface area contributed by atoms with Gasteiger partial charge in [0.05, 0.1) is 25.9 Å². The third kappa shape index (κ3) is 7.36. The average molecular weight is 346 g/mol. The van der Waals surface area contributed by atoms with Gasteiger partial charge < -0.3 is 19.9 Å². The van der Waals surface area contributed by atoms with Crippen molar-refractivity contribution in [1.82, 2.24) is 5.32 Å². The largest absolute Gasteiger partial charge is 0.389 e. The van der Waals surface area contributed by atoms with Crippen molar-refractivity contribution in [2.45, 2.75) is 26.0 Å². The lowest BCUT2D eigenvalue weighted by Crippen LogP contribution is -2.32. The predicted molar refractivity (Wildman–Crippen MR) is 83.9 cm³/mol. The van der Waals surface area contributed by atoms with Gasteiger partial charge in [0.2, 0.25) is 0 Å². The van der Waals surface area contributed by atoms with Crippen LogP contribution in [0.15, 0.2) is 28.7 Å². The number of ether oxygens (including phenoxy) is 2. The number of halogens is 1. The van der Waals surface area contributed by atoms with E-state index in [2.05, 4.69) is 40.3 Å². The fraction of sp³-hybridized carbons (Fsp3) is 0.600. The molecule has 0 fully saturated rings. The molecule has 2 unspecified atom stereocenters. The molecule has 20 heavy (non-hydrogen) atoms. The molecule has 0 aliphatic heterocycles. The third-order valence-electron chi connectivity index (χ3n) is 2.89. The molecule has 0 aromatic heterocycles. The van der Waals surface area contributed by atoms with Crippen LogP contribution in [0.25, 0.3) is 0 Å². The minimum absolute atomic E-state index is 0.186. The van der Waals surface area contributed by atoms with Crippen LogP contribution < -0.4 is 5.32 Å². The Morgan fingerprint density at radius 1 is 1.30 bits per heavy atom. The summed E-state index contributed by atoms with van der Waals surface area (Å²) in [6, 6.07) is 8.32. The normalized spacial score (nSPS) is 14.2. The van der Waals surface area contributed by atoms with E-state index in [1.165, 1.54) is 5.56 Å². The number of benzene rings is 1. The molecule has 0 spiro atoms. The van der Waals surface area contributed by atoms with Gasteiger partial charge in [0.25, 0.3) is 0 Å². The number of hydrogen-bond acceptors (Lipinski definition) is 4. The monoisotopic (exact) mass is 345 g/mol. The summed E-state index contributed by atoms with van der Waals surface area (Å²) in [5.74, 6) is 0. The Kier molecular flexibility index (Phi) is 9.05. The van der Waals surface area contributed by atoms with Gasteiger partial charge in [0.15, 0.2) is 0 Å². The minimum Gasteiger partial charge on any atom is -0.389 e. The summed E-state index contributed by atoms with van der Waals surface area (Å²) in [4.78, 5) is 0. The molecule has 5 heteroatoms. The van der Waals surface area contributed by atoms with Gasteiger partial charge in [-0.2, -0.15) is 0 Å². The van der Waals surface area contributed by atoms with Crippen molar-refractivity contribution in [2.24, 2.45) is 0 Å². The molecule has 4 nitrogen and oxygen atoms in total. The van der Waals surface area contributed by atoms with E-state index in [4.69, 9.17) is 9.47 Å². The number of hydrogen-bond donors (Lipinski definition) is 2. The van der Waals surface area contributed by atoms with Crippen LogP contribution in [0.5, 0.6) is 0 Å². The van der Waals surface area contributed by atoms with Crippen LogP contribution in [-0.4, -0.2) is 44.2 Å². The number of rotatable bonds is 10. The molecule has 0 saturated carbocycles. The van der Waals surface area contributed by atoms with Gasteiger partial charge in [-0.15, -0.1) is 0 Å². The molecule has 0 saturated heterocycles. The summed E-state index contributed by atoms with van der Waals surface area (Å²) in [7, 11) is 0. The van der Waals surface area contributed by atoms with E-state index in [1.54, 1.807) is 0 Å². The van der Waals surface area contributed by atoms with Crippen molar-refractivity contribution >= 4 is 15.9 Å². The highest BCUT2D eigenvalue weighted by Gasteiger charge is 2.09. The molecule has 0 heterocycles. The standard InChI is InChI=1S/C15H24BrNO3/c1-3-19-7-8-20-11-15(18)10-17-12(2)13-5-4-6-14(16)9-13/h4-6,9,12,15,17-18H,3,7-8,10-11H2,1-2H3. The highest BCUT2D eigenvalue weighted by atomic mass is 79.9. The van der Waals surface area contributed by atoms with Crippen molar-refractivity contribution in [3.8, 4) is 0 Å². The lowest BCUT2D eigenvalue weighted by molar-refractivity contribution is 0.00586. The molecule has 0 bridgehead atoms. The van der Waals surface area contributed by atoms with Crippen LogP contribution in [0.2, 0.25) is 0 Å². The van der Waals surface area contributed by atoms with Crippen molar-refractivity contribution in [2.75, 3.05) is 33.0 Å². The zero-order valence-electron chi connectivity index (χ0n) is 12.1. The van der Waals surface area contributed by atoms with E-state index < -0.39 is 6.10 Å². The Morgan fingerprint density at radius 2 is 2.05 bits per heavy atom. The highest BCUT2D eigenvalue weighted by Crippen LogP contribution is 2.17. The highest BCUT2D eigenvalue weighted by molar-refractivity contribution is 9.10. The second kappa shape index (κ2) is 10.3. The summed E-state index contributed by atoms with van der Waals surface area (Å²) in [6.07, 6.45) is -0.508. The second-order valence-corrected chi connectivity index (χ2v) is 5.53. The van der Waals surface area contributed by atoms with Gasteiger partial charge in [0, 0.05) is 23.7 Å². The van der Waals surface area contributed by atoms with Gasteiger partial charge in [-0.05, 0) is 31.5 Å². The van der Waals surface area contributed by atoms with Crippen LogP contribution in [-0.2, 0) is 9.47 Å². The summed E-state index contributed by atoms with van der Waals surface area (Å²) >= 11 is 3.46. The summed E-state index contributed by atoms with van der Waals surface area (Å²) in [5, 5.41) is 13.1. The van der Waals surface area contributed by atoms with Gasteiger partial charge in [0.1, 0.15) is 0 Å². The summed E-state index contributed by atoms with van der Waals surface area (Å²) in [5.41, 5.74) is 1.18. The number of nitrogens with one attached hydrogen (secondary N) is 1. The van der Waals surface area contributed by atoms with Crippen LogP contribution >= 0.6 is 15.9 Å². The lowest BCUT2D eigenvalue weighted by Gasteiger charge is -2.18. The number of aliphatic hydroxyl groups is 1. The van der Waals surface area contributed by atoms with E-state index in [0.717, 1.165) is 4.47 Å². The van der Waals surface area contributed by atoms with Gasteiger partial charge in [-0.3, -0.25) is 0 Å². The van der Waals surface area contributed by atoms with E-state index >= 15 is 0 Å². The maximum atomic E-state index is 9.82. The first-order valence-electron chi connectivity index (χ1n) is 6.96. The Balaban J connectivity index is 2.18. The molecule has 0 amide bonds. The van der Waals surface area contributed by atoms with E-state index in [-0.39, 0.29) is 6.04 Å². The second-order valence-electron chi connectivity index (χ2n) is 4.61. The molecule has 114 valence electrons. The van der Waals surface area contributed by atoms with Crippen LogP contribution in [0.3, 0.4) is 0 Å². The van der Waals surface area contributed by atoms with Gasteiger partial charge >= 0.3 is 0 Å². The summed E-state index contributed by atoms with van der Waals surface area (Å²) in [6.45, 7) is 6.63. The van der Waals surface area contributed by atoms with E-state index in [9.17, 15) is 5.11 Å². The average Bonchev–Trinajstić information content (AvgIpc) is 2.44. The summed E-state index contributed by atoms with van der Waals surface area (Å²) < 4.78 is 11.5. The molecule has 1 rings (SSSR count). The fourth-order valence-corrected chi connectivity index (χ4v) is 2.16.